The summed E-state index contributed by atoms with van der Waals surface area (Å²) in [5.41, 5.74) is 0.987. The molecule has 5 heteroatoms. The number of hydrogen-bond acceptors (Lipinski definition) is 4. The number of nitro groups is 1. The first-order valence-corrected chi connectivity index (χ1v) is 3.88. The van der Waals surface area contributed by atoms with Gasteiger partial charge in [0.15, 0.2) is 5.58 Å². The minimum atomic E-state index is -0.471. The third-order valence-electron chi connectivity index (χ3n) is 1.77. The molecule has 0 unspecified atom stereocenters. The van der Waals surface area contributed by atoms with Gasteiger partial charge in [0, 0.05) is 12.1 Å². The van der Waals surface area contributed by atoms with Crippen LogP contribution in [0, 0.1) is 10.1 Å². The molecule has 0 saturated heterocycles. The van der Waals surface area contributed by atoms with Crippen molar-refractivity contribution >= 4 is 22.9 Å². The standard InChI is InChI=1S/C9H6N2O3/c1-2-9-10-7-5-6(11(12)13)3-4-8(7)14-9/h2-5H,1H2. The zero-order valence-electron chi connectivity index (χ0n) is 7.14. The molecule has 0 aliphatic rings. The predicted octanol–water partition coefficient (Wildman–Crippen LogP) is 2.38. The van der Waals surface area contributed by atoms with Gasteiger partial charge in [-0.15, -0.1) is 0 Å². The average Bonchev–Trinajstić information content (AvgIpc) is 2.58. The summed E-state index contributed by atoms with van der Waals surface area (Å²) in [7, 11) is 0. The first kappa shape index (κ1) is 8.43. The molecule has 0 spiro atoms. The molecule has 70 valence electrons. The van der Waals surface area contributed by atoms with E-state index in [4.69, 9.17) is 4.42 Å². The van der Waals surface area contributed by atoms with Gasteiger partial charge in [-0.25, -0.2) is 4.98 Å². The lowest BCUT2D eigenvalue weighted by Gasteiger charge is -1.88. The molecule has 1 heterocycles. The van der Waals surface area contributed by atoms with Crippen molar-refractivity contribution in [1.82, 2.24) is 4.98 Å². The third kappa shape index (κ3) is 1.24. The molecule has 5 nitrogen and oxygen atoms in total. The fourth-order valence-corrected chi connectivity index (χ4v) is 1.13. The molecule has 1 aromatic carbocycles. The summed E-state index contributed by atoms with van der Waals surface area (Å²) in [6, 6.07) is 4.26. The Labute approximate surface area is 78.8 Å². The lowest BCUT2D eigenvalue weighted by Crippen LogP contribution is -1.86. The Balaban J connectivity index is 2.65. The highest BCUT2D eigenvalue weighted by Gasteiger charge is 2.09. The number of benzene rings is 1. The maximum absolute atomic E-state index is 10.4. The number of rotatable bonds is 2. The highest BCUT2D eigenvalue weighted by atomic mass is 16.6. The zero-order valence-corrected chi connectivity index (χ0v) is 7.14. The Bertz CT molecular complexity index is 516. The molecular weight excluding hydrogens is 184 g/mol. The molecule has 0 radical (unpaired) electrons. The van der Waals surface area contributed by atoms with Gasteiger partial charge in [-0.2, -0.15) is 0 Å². The first-order chi connectivity index (χ1) is 6.70. The summed E-state index contributed by atoms with van der Waals surface area (Å²) in [5.74, 6) is 0.362. The van der Waals surface area contributed by atoms with Crippen LogP contribution in [-0.4, -0.2) is 9.91 Å². The number of non-ortho nitro benzene ring substituents is 1. The minimum Gasteiger partial charge on any atom is -0.437 e. The Kier molecular flexibility index (Phi) is 1.78. The van der Waals surface area contributed by atoms with Gasteiger partial charge in [0.05, 0.1) is 4.92 Å². The van der Waals surface area contributed by atoms with Crippen molar-refractivity contribution in [3.8, 4) is 0 Å². The summed E-state index contributed by atoms with van der Waals surface area (Å²) >= 11 is 0. The largest absolute Gasteiger partial charge is 0.437 e. The van der Waals surface area contributed by atoms with Crippen molar-refractivity contribution in [3.05, 3.63) is 40.8 Å². The molecule has 0 N–H and O–H groups in total. The lowest BCUT2D eigenvalue weighted by molar-refractivity contribution is -0.384. The van der Waals surface area contributed by atoms with E-state index in [1.807, 2.05) is 0 Å². The smallest absolute Gasteiger partial charge is 0.271 e. The third-order valence-corrected chi connectivity index (χ3v) is 1.77. The Morgan fingerprint density at radius 1 is 1.57 bits per heavy atom. The maximum Gasteiger partial charge on any atom is 0.271 e. The van der Waals surface area contributed by atoms with Gasteiger partial charge < -0.3 is 4.42 Å². The van der Waals surface area contributed by atoms with Crippen LogP contribution < -0.4 is 0 Å². The SMILES string of the molecule is C=Cc1nc2cc([N+](=O)[O-])ccc2o1. The van der Waals surface area contributed by atoms with E-state index in [1.54, 1.807) is 0 Å². The van der Waals surface area contributed by atoms with Crippen molar-refractivity contribution < 1.29 is 9.34 Å². The van der Waals surface area contributed by atoms with Crippen molar-refractivity contribution in [2.24, 2.45) is 0 Å². The van der Waals surface area contributed by atoms with Crippen LogP contribution in [0.1, 0.15) is 5.89 Å². The number of aromatic nitrogens is 1. The van der Waals surface area contributed by atoms with Gasteiger partial charge in [0.2, 0.25) is 5.89 Å². The number of nitro benzene ring substituents is 1. The topological polar surface area (TPSA) is 69.2 Å². The molecule has 2 rings (SSSR count). The molecular formula is C9H6N2O3. The van der Waals surface area contributed by atoms with E-state index in [1.165, 1.54) is 24.3 Å². The van der Waals surface area contributed by atoms with Crippen LogP contribution in [0.4, 0.5) is 5.69 Å². The molecule has 1 aromatic heterocycles. The summed E-state index contributed by atoms with van der Waals surface area (Å²) in [4.78, 5) is 14.0. The number of oxazole rings is 1. The molecule has 14 heavy (non-hydrogen) atoms. The Morgan fingerprint density at radius 2 is 2.36 bits per heavy atom. The van der Waals surface area contributed by atoms with Crippen molar-refractivity contribution in [3.63, 3.8) is 0 Å². The monoisotopic (exact) mass is 190 g/mol. The minimum absolute atomic E-state index is 0.00131. The van der Waals surface area contributed by atoms with Crippen molar-refractivity contribution in [1.29, 1.82) is 0 Å². The number of nitrogens with zero attached hydrogens (tertiary/aromatic N) is 2. The fourth-order valence-electron chi connectivity index (χ4n) is 1.13. The van der Waals surface area contributed by atoms with Crippen LogP contribution in [-0.2, 0) is 0 Å². The lowest BCUT2D eigenvalue weighted by atomic mass is 10.3. The van der Waals surface area contributed by atoms with E-state index in [-0.39, 0.29) is 5.69 Å². The molecule has 0 fully saturated rings. The van der Waals surface area contributed by atoms with Crippen molar-refractivity contribution in [2.75, 3.05) is 0 Å². The van der Waals surface area contributed by atoms with E-state index in [9.17, 15) is 10.1 Å². The predicted molar refractivity (Wildman–Crippen MR) is 50.8 cm³/mol. The fraction of sp³-hybridized carbons (Fsp3) is 0. The molecule has 0 bridgehead atoms. The summed E-state index contributed by atoms with van der Waals surface area (Å²) < 4.78 is 5.20. The van der Waals surface area contributed by atoms with E-state index < -0.39 is 4.92 Å². The molecule has 0 atom stereocenters. The molecule has 2 aromatic rings. The normalized spacial score (nSPS) is 10.3. The van der Waals surface area contributed by atoms with Crippen LogP contribution in [0.5, 0.6) is 0 Å². The molecule has 0 aliphatic heterocycles. The highest BCUT2D eigenvalue weighted by Crippen LogP contribution is 2.21. The highest BCUT2D eigenvalue weighted by molar-refractivity contribution is 5.76. The summed E-state index contributed by atoms with van der Waals surface area (Å²) in [5, 5.41) is 10.4. The van der Waals surface area contributed by atoms with E-state index in [2.05, 4.69) is 11.6 Å². The Hall–Kier alpha value is -2.17. The maximum atomic E-state index is 10.4. The molecule has 0 amide bonds. The molecule has 0 saturated carbocycles. The quantitative estimate of drug-likeness (QED) is 0.538. The average molecular weight is 190 g/mol. The van der Waals surface area contributed by atoms with Crippen molar-refractivity contribution in [2.45, 2.75) is 0 Å². The van der Waals surface area contributed by atoms with Crippen LogP contribution >= 0.6 is 0 Å². The van der Waals surface area contributed by atoms with Crippen LogP contribution in [0.15, 0.2) is 29.2 Å². The second-order valence-electron chi connectivity index (χ2n) is 2.67. The van der Waals surface area contributed by atoms with Gasteiger partial charge >= 0.3 is 0 Å². The number of hydrogen-bond donors (Lipinski definition) is 0. The van der Waals surface area contributed by atoms with Gasteiger partial charge in [-0.05, 0) is 12.1 Å². The van der Waals surface area contributed by atoms with E-state index in [0.717, 1.165) is 0 Å². The van der Waals surface area contributed by atoms with E-state index >= 15 is 0 Å². The van der Waals surface area contributed by atoms with Crippen LogP contribution in [0.2, 0.25) is 0 Å². The van der Waals surface area contributed by atoms with E-state index in [0.29, 0.717) is 17.0 Å². The second-order valence-corrected chi connectivity index (χ2v) is 2.67. The zero-order chi connectivity index (χ0) is 10.1. The number of fused-ring (bicyclic) bond motifs is 1. The molecule has 0 aliphatic carbocycles. The van der Waals surface area contributed by atoms with Gasteiger partial charge in [-0.3, -0.25) is 10.1 Å². The van der Waals surface area contributed by atoms with Gasteiger partial charge in [-0.1, -0.05) is 6.58 Å². The Morgan fingerprint density at radius 3 is 3.00 bits per heavy atom. The van der Waals surface area contributed by atoms with Crippen LogP contribution in [0.3, 0.4) is 0 Å². The summed E-state index contributed by atoms with van der Waals surface area (Å²) in [6.07, 6.45) is 1.45. The first-order valence-electron chi connectivity index (χ1n) is 3.88. The van der Waals surface area contributed by atoms with Gasteiger partial charge in [0.25, 0.3) is 5.69 Å². The summed E-state index contributed by atoms with van der Waals surface area (Å²) in [6.45, 7) is 3.49. The van der Waals surface area contributed by atoms with Crippen LogP contribution in [0.25, 0.3) is 17.2 Å². The second kappa shape index (κ2) is 2.95. The van der Waals surface area contributed by atoms with Gasteiger partial charge in [0.1, 0.15) is 5.52 Å².